The zero-order valence-electron chi connectivity index (χ0n) is 8.92. The predicted molar refractivity (Wildman–Crippen MR) is 64.1 cm³/mol. The number of aromatic amines is 1. The van der Waals surface area contributed by atoms with Gasteiger partial charge in [-0.25, -0.2) is 4.79 Å². The van der Waals surface area contributed by atoms with Gasteiger partial charge in [0.15, 0.2) is 0 Å². The number of hydrogen-bond donors (Lipinski definition) is 1. The average Bonchev–Trinajstić information content (AvgIpc) is 2.71. The molecule has 0 aliphatic heterocycles. The lowest BCUT2D eigenvalue weighted by Crippen LogP contribution is -2.00. The first-order valence-corrected chi connectivity index (χ1v) is 5.54. The lowest BCUT2D eigenvalue weighted by Gasteiger charge is -2.00. The van der Waals surface area contributed by atoms with Crippen molar-refractivity contribution >= 4 is 28.5 Å². The summed E-state index contributed by atoms with van der Waals surface area (Å²) in [6.45, 7) is 0. The summed E-state index contributed by atoms with van der Waals surface area (Å²) in [7, 11) is 1.38. The van der Waals surface area contributed by atoms with E-state index in [0.29, 0.717) is 11.4 Å². The molecule has 0 bridgehead atoms. The van der Waals surface area contributed by atoms with Gasteiger partial charge in [-0.3, -0.25) is 0 Å². The Labute approximate surface area is 98.4 Å². The minimum Gasteiger partial charge on any atom is -0.465 e. The van der Waals surface area contributed by atoms with Gasteiger partial charge in [-0.15, -0.1) is 11.6 Å². The number of methoxy groups -OCH3 is 1. The molecule has 0 radical (unpaired) electrons. The van der Waals surface area contributed by atoms with E-state index in [4.69, 9.17) is 11.6 Å². The van der Waals surface area contributed by atoms with E-state index in [0.717, 1.165) is 22.9 Å². The van der Waals surface area contributed by atoms with Crippen molar-refractivity contribution in [2.24, 2.45) is 0 Å². The van der Waals surface area contributed by atoms with Crippen LogP contribution in [0, 0.1) is 0 Å². The van der Waals surface area contributed by atoms with E-state index >= 15 is 0 Å². The number of aromatic nitrogens is 1. The van der Waals surface area contributed by atoms with Crippen LogP contribution in [0.15, 0.2) is 24.4 Å². The van der Waals surface area contributed by atoms with Crippen LogP contribution in [0.2, 0.25) is 0 Å². The third-order valence-electron chi connectivity index (χ3n) is 2.55. The maximum atomic E-state index is 11.4. The number of nitrogens with one attached hydrogen (secondary N) is 1. The molecule has 1 aromatic carbocycles. The molecule has 0 aliphatic carbocycles. The van der Waals surface area contributed by atoms with E-state index < -0.39 is 0 Å². The number of aryl methyl sites for hydroxylation is 1. The van der Waals surface area contributed by atoms with Crippen LogP contribution in [0.5, 0.6) is 0 Å². The Morgan fingerprint density at radius 2 is 2.31 bits per heavy atom. The molecule has 84 valence electrons. The minimum atomic E-state index is -0.320. The third-order valence-corrected chi connectivity index (χ3v) is 2.74. The maximum Gasteiger partial charge on any atom is 0.337 e. The van der Waals surface area contributed by atoms with E-state index in [2.05, 4.69) is 9.72 Å². The van der Waals surface area contributed by atoms with Crippen LogP contribution in [-0.4, -0.2) is 23.9 Å². The van der Waals surface area contributed by atoms with Crippen molar-refractivity contribution in [2.45, 2.75) is 6.42 Å². The molecule has 2 aromatic rings. The zero-order chi connectivity index (χ0) is 11.5. The Bertz CT molecular complexity index is 519. The molecule has 1 aromatic heterocycles. The molecule has 0 fully saturated rings. The Morgan fingerprint density at radius 3 is 3.00 bits per heavy atom. The highest BCUT2D eigenvalue weighted by molar-refractivity contribution is 6.18. The van der Waals surface area contributed by atoms with Crippen LogP contribution < -0.4 is 0 Å². The number of halogens is 1. The van der Waals surface area contributed by atoms with Gasteiger partial charge >= 0.3 is 5.97 Å². The number of hydrogen-bond acceptors (Lipinski definition) is 2. The van der Waals surface area contributed by atoms with E-state index in [1.807, 2.05) is 18.3 Å². The molecule has 0 atom stereocenters. The summed E-state index contributed by atoms with van der Waals surface area (Å²) in [5.41, 5.74) is 2.69. The number of alkyl halides is 1. The van der Waals surface area contributed by atoms with Crippen LogP contribution >= 0.6 is 11.6 Å². The van der Waals surface area contributed by atoms with Gasteiger partial charge in [-0.2, -0.15) is 0 Å². The summed E-state index contributed by atoms with van der Waals surface area (Å²) in [6, 6.07) is 5.45. The normalized spacial score (nSPS) is 10.6. The molecule has 3 nitrogen and oxygen atoms in total. The second-order valence-electron chi connectivity index (χ2n) is 3.50. The highest BCUT2D eigenvalue weighted by Gasteiger charge is 2.09. The number of H-pyrrole nitrogens is 1. The average molecular weight is 238 g/mol. The molecule has 2 rings (SSSR count). The summed E-state index contributed by atoms with van der Waals surface area (Å²) in [6.07, 6.45) is 2.71. The number of carbonyl (C=O) groups is 1. The quantitative estimate of drug-likeness (QED) is 0.659. The third kappa shape index (κ3) is 1.91. The number of esters is 1. The first-order valence-electron chi connectivity index (χ1n) is 5.00. The molecule has 0 saturated heterocycles. The maximum absolute atomic E-state index is 11.4. The molecule has 1 heterocycles. The van der Waals surface area contributed by atoms with Gasteiger partial charge in [0, 0.05) is 23.0 Å². The summed E-state index contributed by atoms with van der Waals surface area (Å²) >= 11 is 5.72. The van der Waals surface area contributed by atoms with Crippen molar-refractivity contribution in [3.63, 3.8) is 0 Å². The molecule has 1 N–H and O–H groups in total. The number of ether oxygens (including phenoxy) is 1. The van der Waals surface area contributed by atoms with Crippen molar-refractivity contribution < 1.29 is 9.53 Å². The molecule has 16 heavy (non-hydrogen) atoms. The lowest BCUT2D eigenvalue weighted by molar-refractivity contribution is 0.0601. The molecular weight excluding hydrogens is 226 g/mol. The number of fused-ring (bicyclic) bond motifs is 1. The van der Waals surface area contributed by atoms with Gasteiger partial charge in [0.1, 0.15) is 0 Å². The van der Waals surface area contributed by atoms with Gasteiger partial charge in [0.25, 0.3) is 0 Å². The molecule has 4 heteroatoms. The monoisotopic (exact) mass is 237 g/mol. The lowest BCUT2D eigenvalue weighted by atomic mass is 10.1. The van der Waals surface area contributed by atoms with E-state index in [1.54, 1.807) is 6.07 Å². The van der Waals surface area contributed by atoms with Gasteiger partial charge in [0.2, 0.25) is 0 Å². The fraction of sp³-hybridized carbons (Fsp3) is 0.250. The van der Waals surface area contributed by atoms with E-state index in [1.165, 1.54) is 7.11 Å². The minimum absolute atomic E-state index is 0.320. The van der Waals surface area contributed by atoms with Crippen LogP contribution in [0.25, 0.3) is 10.9 Å². The van der Waals surface area contributed by atoms with Crippen molar-refractivity contribution in [3.8, 4) is 0 Å². The van der Waals surface area contributed by atoms with E-state index in [9.17, 15) is 4.79 Å². The number of carbonyl (C=O) groups excluding carboxylic acids is 1. The standard InChI is InChI=1S/C12H12ClNO2/c1-16-12(15)8-2-3-11-10(6-8)9(4-5-13)7-14-11/h2-3,6-7,14H,4-5H2,1H3. The van der Waals surface area contributed by atoms with Gasteiger partial charge in [-0.1, -0.05) is 0 Å². The largest absolute Gasteiger partial charge is 0.465 e. The molecular formula is C12H12ClNO2. The van der Waals surface area contributed by atoms with Crippen LogP contribution in [0.3, 0.4) is 0 Å². The smallest absolute Gasteiger partial charge is 0.337 e. The summed E-state index contributed by atoms with van der Waals surface area (Å²) in [4.78, 5) is 14.5. The highest BCUT2D eigenvalue weighted by Crippen LogP contribution is 2.21. The topological polar surface area (TPSA) is 42.1 Å². The fourth-order valence-corrected chi connectivity index (χ4v) is 1.94. The number of rotatable bonds is 3. The van der Waals surface area contributed by atoms with E-state index in [-0.39, 0.29) is 5.97 Å². The summed E-state index contributed by atoms with van der Waals surface area (Å²) in [5.74, 6) is 0.245. The molecule has 0 spiro atoms. The van der Waals surface area contributed by atoms with Crippen LogP contribution in [0.1, 0.15) is 15.9 Å². The Kier molecular flexibility index (Phi) is 3.15. The Morgan fingerprint density at radius 1 is 1.50 bits per heavy atom. The second-order valence-corrected chi connectivity index (χ2v) is 3.88. The van der Waals surface area contributed by atoms with Crippen LogP contribution in [0.4, 0.5) is 0 Å². The van der Waals surface area contributed by atoms with Gasteiger partial charge < -0.3 is 9.72 Å². The summed E-state index contributed by atoms with van der Waals surface area (Å²) in [5, 5.41) is 1.03. The summed E-state index contributed by atoms with van der Waals surface area (Å²) < 4.78 is 4.69. The first kappa shape index (κ1) is 11.0. The second kappa shape index (κ2) is 4.58. The van der Waals surface area contributed by atoms with Crippen molar-refractivity contribution in [1.82, 2.24) is 4.98 Å². The van der Waals surface area contributed by atoms with Crippen molar-refractivity contribution in [2.75, 3.05) is 13.0 Å². The molecule has 0 aliphatic rings. The highest BCUT2D eigenvalue weighted by atomic mass is 35.5. The van der Waals surface area contributed by atoms with Gasteiger partial charge in [0.05, 0.1) is 12.7 Å². The Balaban J connectivity index is 2.49. The van der Waals surface area contributed by atoms with Gasteiger partial charge in [-0.05, 0) is 30.2 Å². The molecule has 0 amide bonds. The zero-order valence-corrected chi connectivity index (χ0v) is 9.67. The fourth-order valence-electron chi connectivity index (χ4n) is 1.73. The Hall–Kier alpha value is -1.48. The number of benzene rings is 1. The molecule has 0 unspecified atom stereocenters. The van der Waals surface area contributed by atoms with Crippen LogP contribution in [-0.2, 0) is 11.2 Å². The molecule has 0 saturated carbocycles. The predicted octanol–water partition coefficient (Wildman–Crippen LogP) is 2.74. The van der Waals surface area contributed by atoms with Crippen molar-refractivity contribution in [1.29, 1.82) is 0 Å². The SMILES string of the molecule is COC(=O)c1ccc2[nH]cc(CCCl)c2c1. The first-order chi connectivity index (χ1) is 7.76. The van der Waals surface area contributed by atoms with Crippen molar-refractivity contribution in [3.05, 3.63) is 35.5 Å².